The first kappa shape index (κ1) is 30.7. The van der Waals surface area contributed by atoms with Crippen LogP contribution < -0.4 is 10.6 Å². The van der Waals surface area contributed by atoms with E-state index in [4.69, 9.17) is 18.7 Å². The Kier molecular flexibility index (Phi) is 8.97. The van der Waals surface area contributed by atoms with Gasteiger partial charge in [-0.1, -0.05) is 56.7 Å². The molecular formula is C28H33BN3O10-. The summed E-state index contributed by atoms with van der Waals surface area (Å²) in [6.45, 7) is 1.54. The largest absolute Gasteiger partial charge is 0.632 e. The van der Waals surface area contributed by atoms with E-state index >= 15 is 0 Å². The Balaban J connectivity index is 1.59. The first-order valence-corrected chi connectivity index (χ1v) is 13.6. The molecule has 0 aliphatic carbocycles. The van der Waals surface area contributed by atoms with Crippen molar-refractivity contribution in [2.75, 3.05) is 7.11 Å². The number of hydrogen-bond acceptors (Lipinski definition) is 11. The number of aliphatic hydroxyl groups excluding tert-OH is 1. The van der Waals surface area contributed by atoms with Gasteiger partial charge in [0.2, 0.25) is 5.91 Å². The predicted octanol–water partition coefficient (Wildman–Crippen LogP) is 1.06. The zero-order valence-corrected chi connectivity index (χ0v) is 23.7. The van der Waals surface area contributed by atoms with Crippen molar-refractivity contribution < 1.29 is 47.8 Å². The summed E-state index contributed by atoms with van der Waals surface area (Å²) in [6, 6.07) is 12.5. The highest BCUT2D eigenvalue weighted by molar-refractivity contribution is 6.67. The number of carbonyl (C=O) groups excluding carboxylic acids is 5. The Hall–Kier alpha value is -4.30. The molecule has 13 nitrogen and oxygen atoms in total. The number of fused-ring (bicyclic) bond motifs is 2. The highest BCUT2D eigenvalue weighted by Crippen LogP contribution is 2.41. The van der Waals surface area contributed by atoms with E-state index in [2.05, 4.69) is 15.6 Å². The van der Waals surface area contributed by atoms with Crippen molar-refractivity contribution >= 4 is 36.5 Å². The van der Waals surface area contributed by atoms with Crippen LogP contribution in [-0.4, -0.2) is 77.4 Å². The number of pyridine rings is 1. The fraction of sp³-hybridized carbons (Fsp3) is 0.429. The van der Waals surface area contributed by atoms with Gasteiger partial charge in [-0.2, -0.15) is 0 Å². The van der Waals surface area contributed by atoms with E-state index in [9.17, 15) is 29.1 Å². The lowest BCUT2D eigenvalue weighted by Gasteiger charge is -2.57. The zero-order valence-electron chi connectivity index (χ0n) is 23.7. The summed E-state index contributed by atoms with van der Waals surface area (Å²) in [7, 11) is 1.09. The van der Waals surface area contributed by atoms with Crippen LogP contribution in [0.4, 0.5) is 0 Å². The average Bonchev–Trinajstić information content (AvgIpc) is 2.94. The maximum atomic E-state index is 13.5. The minimum atomic E-state index is -3.36. The fourth-order valence-corrected chi connectivity index (χ4v) is 5.13. The number of benzene rings is 1. The summed E-state index contributed by atoms with van der Waals surface area (Å²) in [5.41, 5.74) is -0.663. The average molecular weight is 582 g/mol. The number of ether oxygens (including phenoxy) is 1. The van der Waals surface area contributed by atoms with Gasteiger partial charge in [0, 0.05) is 11.5 Å². The molecule has 0 radical (unpaired) electrons. The number of nitrogens with zero attached hydrogens (tertiary/aromatic N) is 1. The number of nitrogens with one attached hydrogen (secondary N) is 2. The molecule has 2 aliphatic rings. The Morgan fingerprint density at radius 3 is 2.21 bits per heavy atom. The molecule has 1 unspecified atom stereocenters. The van der Waals surface area contributed by atoms with E-state index in [1.165, 1.54) is 13.0 Å². The summed E-state index contributed by atoms with van der Waals surface area (Å²) in [4.78, 5) is 69.0. The van der Waals surface area contributed by atoms with Crippen LogP contribution in [0.15, 0.2) is 48.5 Å². The molecule has 224 valence electrons. The topological polar surface area (TPSA) is 179 Å². The lowest BCUT2D eigenvalue weighted by Crippen LogP contribution is -2.75. The van der Waals surface area contributed by atoms with Gasteiger partial charge in [-0.15, -0.1) is 0 Å². The van der Waals surface area contributed by atoms with Gasteiger partial charge in [-0.25, -0.2) is 9.78 Å². The Bertz CT molecular complexity index is 1350. The molecular weight excluding hydrogens is 549 g/mol. The molecule has 3 N–H and O–H groups in total. The summed E-state index contributed by atoms with van der Waals surface area (Å²) in [5.74, 6) is -5.77. The number of aromatic nitrogens is 1. The molecule has 14 heteroatoms. The van der Waals surface area contributed by atoms with E-state index in [1.54, 1.807) is 26.0 Å². The van der Waals surface area contributed by atoms with Crippen molar-refractivity contribution in [2.45, 2.75) is 63.7 Å². The van der Waals surface area contributed by atoms with Crippen LogP contribution in [-0.2, 0) is 37.9 Å². The highest BCUT2D eigenvalue weighted by Gasteiger charge is 2.62. The van der Waals surface area contributed by atoms with Crippen molar-refractivity contribution in [1.82, 2.24) is 15.6 Å². The second kappa shape index (κ2) is 12.3. The molecule has 2 bridgehead atoms. The molecule has 1 aromatic heterocycles. The third-order valence-electron chi connectivity index (χ3n) is 7.05. The minimum Gasteiger partial charge on any atom is -0.632 e. The number of hydrogen-bond donors (Lipinski definition) is 3. The molecule has 3 heterocycles. The molecule has 2 saturated heterocycles. The van der Waals surface area contributed by atoms with E-state index < -0.39 is 73.0 Å². The van der Waals surface area contributed by atoms with Crippen molar-refractivity contribution in [3.05, 3.63) is 54.2 Å². The van der Waals surface area contributed by atoms with Gasteiger partial charge in [-0.3, -0.25) is 19.2 Å². The summed E-state index contributed by atoms with van der Waals surface area (Å²) in [5, 5.41) is 15.6. The number of esters is 1. The molecule has 2 aromatic rings. The molecule has 4 rings (SSSR count). The van der Waals surface area contributed by atoms with E-state index in [1.807, 2.05) is 30.3 Å². The molecule has 3 atom stereocenters. The predicted molar refractivity (Wildman–Crippen MR) is 147 cm³/mol. The van der Waals surface area contributed by atoms with Crippen LogP contribution in [0.5, 0.6) is 0 Å². The standard InChI is InChI=1S/C28H33BN3O10/c1-16(2)13-21(29-40-22(34)14-28(42-29,27(38)39-4)15-23(35)41-29)31-26(37)24(17(3)33)32-25(36)20-12-8-11-19(30-20)18-9-6-5-7-10-18/h5-12,16-17,21,24,33H,13-15H2,1-4H3,(H,31,37)(H,32,36)/q-1/t17-,21?,24+,28?,29?/m1/s1. The zero-order chi connectivity index (χ0) is 30.7. The number of rotatable bonds is 10. The number of amides is 2. The molecule has 2 fully saturated rings. The second-order valence-corrected chi connectivity index (χ2v) is 10.8. The van der Waals surface area contributed by atoms with E-state index in [-0.39, 0.29) is 18.0 Å². The van der Waals surface area contributed by atoms with Gasteiger partial charge in [0.05, 0.1) is 31.7 Å². The Morgan fingerprint density at radius 1 is 1.00 bits per heavy atom. The Labute approximate surface area is 242 Å². The Morgan fingerprint density at radius 2 is 1.64 bits per heavy atom. The lowest BCUT2D eigenvalue weighted by atomic mass is 9.61. The van der Waals surface area contributed by atoms with Crippen LogP contribution in [0.3, 0.4) is 0 Å². The van der Waals surface area contributed by atoms with Crippen LogP contribution in [0.1, 0.15) is 50.5 Å². The quantitative estimate of drug-likeness (QED) is 0.269. The molecule has 0 saturated carbocycles. The van der Waals surface area contributed by atoms with Gasteiger partial charge < -0.3 is 34.4 Å². The summed E-state index contributed by atoms with van der Waals surface area (Å²) < 4.78 is 21.6. The highest BCUT2D eigenvalue weighted by atomic mass is 16.8. The third-order valence-corrected chi connectivity index (χ3v) is 7.05. The number of carbonyl (C=O) groups is 5. The van der Waals surface area contributed by atoms with Crippen LogP contribution in [0.25, 0.3) is 11.3 Å². The SMILES string of the molecule is COC(=O)C12CC(=O)O[B-](C(CC(C)C)NC(=O)[C@@H](NC(=O)c3cccc(-c4ccccc4)n3)[C@@H](C)O)(OC(=O)C1)O2. The van der Waals surface area contributed by atoms with Gasteiger partial charge >= 0.3 is 12.7 Å². The van der Waals surface area contributed by atoms with E-state index in [0.717, 1.165) is 12.7 Å². The molecule has 2 amide bonds. The van der Waals surface area contributed by atoms with Gasteiger partial charge in [0.15, 0.2) is 0 Å². The summed E-state index contributed by atoms with van der Waals surface area (Å²) >= 11 is 0. The third kappa shape index (κ3) is 6.44. The normalized spacial score (nSPS) is 23.6. The molecule has 1 aromatic carbocycles. The maximum Gasteiger partial charge on any atom is 0.518 e. The second-order valence-electron chi connectivity index (χ2n) is 10.8. The van der Waals surface area contributed by atoms with Crippen molar-refractivity contribution in [3.8, 4) is 11.3 Å². The minimum absolute atomic E-state index is 0.00459. The molecule has 0 spiro atoms. The molecule has 2 aliphatic heterocycles. The first-order valence-electron chi connectivity index (χ1n) is 13.6. The number of aliphatic hydroxyl groups is 1. The van der Waals surface area contributed by atoms with E-state index in [0.29, 0.717) is 5.69 Å². The van der Waals surface area contributed by atoms with Crippen molar-refractivity contribution in [2.24, 2.45) is 5.92 Å². The van der Waals surface area contributed by atoms with Gasteiger partial charge in [-0.05, 0) is 25.0 Å². The van der Waals surface area contributed by atoms with Crippen molar-refractivity contribution in [3.63, 3.8) is 0 Å². The van der Waals surface area contributed by atoms with Crippen LogP contribution in [0, 0.1) is 5.92 Å². The van der Waals surface area contributed by atoms with Gasteiger partial charge in [0.1, 0.15) is 17.3 Å². The molecule has 42 heavy (non-hydrogen) atoms. The smallest absolute Gasteiger partial charge is 0.518 e. The van der Waals surface area contributed by atoms with Crippen molar-refractivity contribution in [1.29, 1.82) is 0 Å². The van der Waals surface area contributed by atoms with Crippen LogP contribution >= 0.6 is 0 Å². The number of methoxy groups -OCH3 is 1. The first-order chi connectivity index (χ1) is 19.9. The maximum absolute atomic E-state index is 13.5. The summed E-state index contributed by atoms with van der Waals surface area (Å²) in [6.07, 6.45) is -2.47. The van der Waals surface area contributed by atoms with Crippen LogP contribution in [0.2, 0.25) is 0 Å². The fourth-order valence-electron chi connectivity index (χ4n) is 5.13. The monoisotopic (exact) mass is 582 g/mol. The lowest BCUT2D eigenvalue weighted by molar-refractivity contribution is -0.196. The van der Waals surface area contributed by atoms with Gasteiger partial charge in [0.25, 0.3) is 17.8 Å².